The minimum atomic E-state index is -0.203. The van der Waals surface area contributed by atoms with Crippen LogP contribution in [0.3, 0.4) is 0 Å². The molecule has 0 aliphatic rings. The Balaban J connectivity index is 2.19. The molecule has 1 heteroatoms. The van der Waals surface area contributed by atoms with Gasteiger partial charge in [-0.15, -0.1) is 0 Å². The molecule has 0 amide bonds. The minimum Gasteiger partial charge on any atom is -0.393 e. The van der Waals surface area contributed by atoms with Crippen LogP contribution >= 0.6 is 0 Å². The maximum atomic E-state index is 9.77. The topological polar surface area (TPSA) is 20.2 Å². The summed E-state index contributed by atoms with van der Waals surface area (Å²) in [5, 5.41) is 12.3. The highest BCUT2D eigenvalue weighted by molar-refractivity contribution is 5.82. The lowest BCUT2D eigenvalue weighted by molar-refractivity contribution is 0.164. The first-order chi connectivity index (χ1) is 7.79. The summed E-state index contributed by atoms with van der Waals surface area (Å²) in [4.78, 5) is 0. The normalized spacial score (nSPS) is 12.9. The van der Waals surface area contributed by atoms with E-state index in [4.69, 9.17) is 0 Å². The van der Waals surface area contributed by atoms with Crippen LogP contribution in [0.5, 0.6) is 0 Å². The third kappa shape index (κ3) is 2.61. The van der Waals surface area contributed by atoms with Crippen LogP contribution in [0, 0.1) is 0 Å². The molecule has 2 rings (SSSR count). The minimum absolute atomic E-state index is 0.203. The molecular formula is C15H18O. The van der Waals surface area contributed by atoms with E-state index in [9.17, 15) is 5.11 Å². The van der Waals surface area contributed by atoms with E-state index in [0.717, 1.165) is 19.3 Å². The molecule has 0 bridgehead atoms. The molecule has 0 aliphatic heterocycles. The second kappa shape index (κ2) is 5.13. The molecule has 0 saturated heterocycles. The molecule has 0 spiro atoms. The van der Waals surface area contributed by atoms with Gasteiger partial charge in [0.25, 0.3) is 0 Å². The van der Waals surface area contributed by atoms with E-state index < -0.39 is 0 Å². The standard InChI is InChI=1S/C15H18O/c1-2-5-15(16)11-12-8-9-13-6-3-4-7-14(13)10-12/h3-4,6-10,15-16H,2,5,11H2,1H3. The quantitative estimate of drug-likeness (QED) is 0.825. The van der Waals surface area contributed by atoms with Crippen LogP contribution in [0.15, 0.2) is 42.5 Å². The van der Waals surface area contributed by atoms with Crippen molar-refractivity contribution in [2.24, 2.45) is 0 Å². The Kier molecular flexibility index (Phi) is 3.58. The lowest BCUT2D eigenvalue weighted by atomic mass is 10.0. The molecular weight excluding hydrogens is 196 g/mol. The van der Waals surface area contributed by atoms with E-state index in [0.29, 0.717) is 0 Å². The van der Waals surface area contributed by atoms with Gasteiger partial charge in [-0.1, -0.05) is 55.8 Å². The van der Waals surface area contributed by atoms with Gasteiger partial charge in [-0.2, -0.15) is 0 Å². The molecule has 1 unspecified atom stereocenters. The molecule has 0 fully saturated rings. The lowest BCUT2D eigenvalue weighted by Crippen LogP contribution is -2.09. The van der Waals surface area contributed by atoms with Gasteiger partial charge >= 0.3 is 0 Å². The Bertz CT molecular complexity index is 462. The molecule has 84 valence electrons. The zero-order valence-electron chi connectivity index (χ0n) is 9.69. The molecule has 0 heterocycles. The smallest absolute Gasteiger partial charge is 0.0580 e. The molecule has 0 radical (unpaired) electrons. The highest BCUT2D eigenvalue weighted by Gasteiger charge is 2.04. The van der Waals surface area contributed by atoms with Gasteiger partial charge in [0.2, 0.25) is 0 Å². The molecule has 0 aliphatic carbocycles. The Morgan fingerprint density at radius 1 is 1.06 bits per heavy atom. The summed E-state index contributed by atoms with van der Waals surface area (Å²) in [5.41, 5.74) is 1.22. The monoisotopic (exact) mass is 214 g/mol. The van der Waals surface area contributed by atoms with Crippen molar-refractivity contribution in [2.45, 2.75) is 32.3 Å². The number of aliphatic hydroxyl groups excluding tert-OH is 1. The van der Waals surface area contributed by atoms with Gasteiger partial charge in [0.1, 0.15) is 0 Å². The van der Waals surface area contributed by atoms with E-state index >= 15 is 0 Å². The van der Waals surface area contributed by atoms with Crippen LogP contribution in [-0.2, 0) is 6.42 Å². The Morgan fingerprint density at radius 2 is 1.81 bits per heavy atom. The predicted molar refractivity (Wildman–Crippen MR) is 68.6 cm³/mol. The summed E-state index contributed by atoms with van der Waals surface area (Å²) in [6.07, 6.45) is 2.48. The summed E-state index contributed by atoms with van der Waals surface area (Å²) in [6, 6.07) is 14.7. The summed E-state index contributed by atoms with van der Waals surface area (Å²) < 4.78 is 0. The van der Waals surface area contributed by atoms with Gasteiger partial charge in [0, 0.05) is 0 Å². The van der Waals surface area contributed by atoms with Gasteiger partial charge in [0.05, 0.1) is 6.10 Å². The third-order valence-electron chi connectivity index (χ3n) is 2.91. The van der Waals surface area contributed by atoms with Crippen molar-refractivity contribution in [3.8, 4) is 0 Å². The van der Waals surface area contributed by atoms with Crippen LogP contribution < -0.4 is 0 Å². The number of rotatable bonds is 4. The Labute approximate surface area is 96.7 Å². The molecule has 16 heavy (non-hydrogen) atoms. The summed E-state index contributed by atoms with van der Waals surface area (Å²) in [7, 11) is 0. The summed E-state index contributed by atoms with van der Waals surface area (Å²) >= 11 is 0. The Morgan fingerprint density at radius 3 is 2.56 bits per heavy atom. The fraction of sp³-hybridized carbons (Fsp3) is 0.333. The van der Waals surface area contributed by atoms with Crippen molar-refractivity contribution >= 4 is 10.8 Å². The number of hydrogen-bond donors (Lipinski definition) is 1. The van der Waals surface area contributed by atoms with Crippen LogP contribution in [-0.4, -0.2) is 11.2 Å². The predicted octanol–water partition coefficient (Wildman–Crippen LogP) is 3.54. The average Bonchev–Trinajstić information content (AvgIpc) is 2.29. The van der Waals surface area contributed by atoms with Gasteiger partial charge in [-0.25, -0.2) is 0 Å². The second-order valence-electron chi connectivity index (χ2n) is 4.33. The van der Waals surface area contributed by atoms with Crippen molar-refractivity contribution < 1.29 is 5.11 Å². The second-order valence-corrected chi connectivity index (χ2v) is 4.33. The fourth-order valence-electron chi connectivity index (χ4n) is 2.07. The maximum Gasteiger partial charge on any atom is 0.0580 e. The molecule has 0 aromatic heterocycles. The zero-order chi connectivity index (χ0) is 11.4. The van der Waals surface area contributed by atoms with Gasteiger partial charge < -0.3 is 5.11 Å². The van der Waals surface area contributed by atoms with Crippen molar-refractivity contribution in [1.29, 1.82) is 0 Å². The number of fused-ring (bicyclic) bond motifs is 1. The first-order valence-corrected chi connectivity index (χ1v) is 5.95. The van der Waals surface area contributed by atoms with E-state index in [1.54, 1.807) is 0 Å². The van der Waals surface area contributed by atoms with E-state index in [1.807, 2.05) is 6.07 Å². The number of hydrogen-bond acceptors (Lipinski definition) is 1. The van der Waals surface area contributed by atoms with Crippen LogP contribution in [0.2, 0.25) is 0 Å². The zero-order valence-corrected chi connectivity index (χ0v) is 9.69. The van der Waals surface area contributed by atoms with Crippen molar-refractivity contribution in [2.75, 3.05) is 0 Å². The third-order valence-corrected chi connectivity index (χ3v) is 2.91. The van der Waals surface area contributed by atoms with Gasteiger partial charge in [-0.3, -0.25) is 0 Å². The first-order valence-electron chi connectivity index (χ1n) is 5.95. The molecule has 1 atom stereocenters. The van der Waals surface area contributed by atoms with Gasteiger partial charge in [-0.05, 0) is 29.2 Å². The Hall–Kier alpha value is -1.34. The van der Waals surface area contributed by atoms with Crippen LogP contribution in [0.25, 0.3) is 10.8 Å². The molecule has 1 N–H and O–H groups in total. The largest absolute Gasteiger partial charge is 0.393 e. The molecule has 2 aromatic carbocycles. The number of aliphatic hydroxyl groups is 1. The van der Waals surface area contributed by atoms with Crippen molar-refractivity contribution in [3.05, 3.63) is 48.0 Å². The maximum absolute atomic E-state index is 9.77. The van der Waals surface area contributed by atoms with Gasteiger partial charge in [0.15, 0.2) is 0 Å². The van der Waals surface area contributed by atoms with Crippen molar-refractivity contribution in [3.63, 3.8) is 0 Å². The molecule has 1 nitrogen and oxygen atoms in total. The van der Waals surface area contributed by atoms with Crippen LogP contribution in [0.1, 0.15) is 25.3 Å². The SMILES string of the molecule is CCCC(O)Cc1ccc2ccccc2c1. The van der Waals surface area contributed by atoms with Crippen LogP contribution in [0.4, 0.5) is 0 Å². The lowest BCUT2D eigenvalue weighted by Gasteiger charge is -2.09. The van der Waals surface area contributed by atoms with E-state index in [1.165, 1.54) is 16.3 Å². The van der Waals surface area contributed by atoms with Crippen molar-refractivity contribution in [1.82, 2.24) is 0 Å². The van der Waals surface area contributed by atoms with E-state index in [-0.39, 0.29) is 6.10 Å². The molecule has 0 saturated carbocycles. The van der Waals surface area contributed by atoms with E-state index in [2.05, 4.69) is 43.3 Å². The highest BCUT2D eigenvalue weighted by atomic mass is 16.3. The number of benzene rings is 2. The highest BCUT2D eigenvalue weighted by Crippen LogP contribution is 2.17. The summed E-state index contributed by atoms with van der Waals surface area (Å²) in [5.74, 6) is 0. The first kappa shape index (κ1) is 11.2. The fourth-order valence-corrected chi connectivity index (χ4v) is 2.07. The molecule has 2 aromatic rings. The summed E-state index contributed by atoms with van der Waals surface area (Å²) in [6.45, 7) is 2.10. The average molecular weight is 214 g/mol.